The van der Waals surface area contributed by atoms with Crippen LogP contribution in [0, 0.1) is 5.82 Å². The summed E-state index contributed by atoms with van der Waals surface area (Å²) in [7, 11) is 0. The molecule has 0 unspecified atom stereocenters. The molecule has 4 rings (SSSR count). The number of halogens is 2. The Morgan fingerprint density at radius 1 is 1.11 bits per heavy atom. The van der Waals surface area contributed by atoms with Crippen LogP contribution < -0.4 is 5.56 Å². The van der Waals surface area contributed by atoms with Gasteiger partial charge in [0.2, 0.25) is 5.75 Å². The number of aromatic amines is 1. The molecule has 2 heterocycles. The van der Waals surface area contributed by atoms with Gasteiger partial charge < -0.3 is 10.1 Å². The summed E-state index contributed by atoms with van der Waals surface area (Å²) in [5, 5.41) is 10.7. The predicted octanol–water partition coefficient (Wildman–Crippen LogP) is 4.76. The smallest absolute Gasteiger partial charge is 0.294 e. The number of H-pyrrole nitrogens is 1. The van der Waals surface area contributed by atoms with Crippen LogP contribution in [0.25, 0.3) is 22.1 Å². The fourth-order valence-corrected chi connectivity index (χ4v) is 3.86. The standard InChI is InChI=1S/C20H13BrFN3O2S/c21-13-5-3-12(4-6-13)18-24-16(17(26)19(27)25-18)20-23-10-15(28-20)9-11-1-7-14(22)8-2-11/h1-8,10,26H,9H2,(H,24,25,27). The highest BCUT2D eigenvalue weighted by Gasteiger charge is 2.17. The summed E-state index contributed by atoms with van der Waals surface area (Å²) < 4.78 is 14.0. The molecular formula is C20H13BrFN3O2S. The Labute approximate surface area is 171 Å². The van der Waals surface area contributed by atoms with Crippen LogP contribution in [0.2, 0.25) is 0 Å². The zero-order valence-corrected chi connectivity index (χ0v) is 16.7. The van der Waals surface area contributed by atoms with Gasteiger partial charge in [0.15, 0.2) is 0 Å². The normalized spacial score (nSPS) is 10.9. The molecule has 0 aliphatic rings. The predicted molar refractivity (Wildman–Crippen MR) is 110 cm³/mol. The van der Waals surface area contributed by atoms with Gasteiger partial charge in [-0.05, 0) is 29.8 Å². The van der Waals surface area contributed by atoms with E-state index in [-0.39, 0.29) is 11.5 Å². The van der Waals surface area contributed by atoms with Crippen molar-refractivity contribution in [2.75, 3.05) is 0 Å². The van der Waals surface area contributed by atoms with Crippen LogP contribution in [-0.2, 0) is 6.42 Å². The van der Waals surface area contributed by atoms with Gasteiger partial charge in [0, 0.05) is 27.5 Å². The quantitative estimate of drug-likeness (QED) is 0.463. The minimum atomic E-state index is -0.627. The minimum absolute atomic E-state index is 0.136. The van der Waals surface area contributed by atoms with Crippen LogP contribution in [0.5, 0.6) is 5.75 Å². The minimum Gasteiger partial charge on any atom is -0.501 e. The highest BCUT2D eigenvalue weighted by atomic mass is 79.9. The molecule has 0 radical (unpaired) electrons. The van der Waals surface area contributed by atoms with Crippen molar-refractivity contribution in [3.8, 4) is 27.8 Å². The highest BCUT2D eigenvalue weighted by Crippen LogP contribution is 2.31. The first kappa shape index (κ1) is 18.5. The van der Waals surface area contributed by atoms with E-state index in [2.05, 4.69) is 30.9 Å². The number of rotatable bonds is 4. The van der Waals surface area contributed by atoms with Gasteiger partial charge in [-0.1, -0.05) is 40.2 Å². The Morgan fingerprint density at radius 2 is 1.82 bits per heavy atom. The second-order valence-corrected chi connectivity index (χ2v) is 8.08. The summed E-state index contributed by atoms with van der Waals surface area (Å²) in [6.07, 6.45) is 2.24. The monoisotopic (exact) mass is 457 g/mol. The second-order valence-electron chi connectivity index (χ2n) is 6.05. The molecule has 0 bridgehead atoms. The summed E-state index contributed by atoms with van der Waals surface area (Å²) in [5.74, 6) is -0.407. The van der Waals surface area contributed by atoms with Gasteiger partial charge in [0.25, 0.3) is 5.56 Å². The summed E-state index contributed by atoms with van der Waals surface area (Å²) in [4.78, 5) is 24.4. The maximum absolute atomic E-state index is 13.1. The summed E-state index contributed by atoms with van der Waals surface area (Å²) in [6.45, 7) is 0. The topological polar surface area (TPSA) is 78.9 Å². The highest BCUT2D eigenvalue weighted by molar-refractivity contribution is 9.10. The SMILES string of the molecule is O=c1[nH]c(-c2ccc(Br)cc2)nc(-c2ncc(Cc3ccc(F)cc3)s2)c1O. The van der Waals surface area contributed by atoms with Crippen LogP contribution in [0.15, 0.2) is 64.0 Å². The Hall–Kier alpha value is -2.84. The number of aromatic hydroxyl groups is 1. The van der Waals surface area contributed by atoms with E-state index in [0.29, 0.717) is 22.8 Å². The lowest BCUT2D eigenvalue weighted by Gasteiger charge is -2.05. The van der Waals surface area contributed by atoms with Crippen LogP contribution in [0.1, 0.15) is 10.4 Å². The van der Waals surface area contributed by atoms with Crippen molar-refractivity contribution in [1.82, 2.24) is 15.0 Å². The number of nitrogens with zero attached hydrogens (tertiary/aromatic N) is 2. The van der Waals surface area contributed by atoms with E-state index >= 15 is 0 Å². The zero-order chi connectivity index (χ0) is 19.7. The number of benzene rings is 2. The van der Waals surface area contributed by atoms with Gasteiger partial charge in [-0.25, -0.2) is 14.4 Å². The molecular weight excluding hydrogens is 445 g/mol. The molecule has 5 nitrogen and oxygen atoms in total. The molecule has 2 N–H and O–H groups in total. The molecule has 0 saturated carbocycles. The molecule has 0 spiro atoms. The molecule has 0 fully saturated rings. The molecule has 0 atom stereocenters. The van der Waals surface area contributed by atoms with Gasteiger partial charge >= 0.3 is 0 Å². The lowest BCUT2D eigenvalue weighted by Crippen LogP contribution is -2.10. The molecule has 28 heavy (non-hydrogen) atoms. The van der Waals surface area contributed by atoms with E-state index in [1.807, 2.05) is 24.3 Å². The third kappa shape index (κ3) is 3.88. The molecule has 0 aliphatic carbocycles. The van der Waals surface area contributed by atoms with Crippen molar-refractivity contribution in [2.24, 2.45) is 0 Å². The lowest BCUT2D eigenvalue weighted by atomic mass is 10.1. The molecule has 2 aromatic heterocycles. The van der Waals surface area contributed by atoms with Gasteiger partial charge in [-0.2, -0.15) is 0 Å². The first-order chi connectivity index (χ1) is 13.5. The van der Waals surface area contributed by atoms with E-state index < -0.39 is 11.3 Å². The van der Waals surface area contributed by atoms with Crippen LogP contribution in [-0.4, -0.2) is 20.1 Å². The van der Waals surface area contributed by atoms with Crippen LogP contribution in [0.3, 0.4) is 0 Å². The summed E-state index contributed by atoms with van der Waals surface area (Å²) >= 11 is 4.69. The van der Waals surface area contributed by atoms with Gasteiger partial charge in [0.05, 0.1) is 0 Å². The average molecular weight is 458 g/mol. The molecule has 2 aromatic carbocycles. The molecule has 140 valence electrons. The molecule has 0 amide bonds. The molecule has 8 heteroatoms. The van der Waals surface area contributed by atoms with Crippen molar-refractivity contribution in [2.45, 2.75) is 6.42 Å². The largest absolute Gasteiger partial charge is 0.501 e. The number of nitrogens with one attached hydrogen (secondary N) is 1. The Balaban J connectivity index is 1.69. The van der Waals surface area contributed by atoms with Gasteiger partial charge in [-0.15, -0.1) is 11.3 Å². The number of aromatic nitrogens is 3. The maximum Gasteiger partial charge on any atom is 0.294 e. The lowest BCUT2D eigenvalue weighted by molar-refractivity contribution is 0.466. The first-order valence-electron chi connectivity index (χ1n) is 8.28. The maximum atomic E-state index is 13.1. The molecule has 4 aromatic rings. The van der Waals surface area contributed by atoms with E-state index in [1.54, 1.807) is 18.3 Å². The van der Waals surface area contributed by atoms with Crippen molar-refractivity contribution >= 4 is 27.3 Å². The van der Waals surface area contributed by atoms with Crippen molar-refractivity contribution in [1.29, 1.82) is 0 Å². The fraction of sp³-hybridized carbons (Fsp3) is 0.0500. The average Bonchev–Trinajstić information content (AvgIpc) is 3.14. The van der Waals surface area contributed by atoms with Crippen LogP contribution >= 0.6 is 27.3 Å². The van der Waals surface area contributed by atoms with E-state index in [9.17, 15) is 14.3 Å². The molecule has 0 aliphatic heterocycles. The third-order valence-electron chi connectivity index (χ3n) is 4.06. The fourth-order valence-electron chi connectivity index (χ4n) is 2.66. The van der Waals surface area contributed by atoms with E-state index in [0.717, 1.165) is 14.9 Å². The summed E-state index contributed by atoms with van der Waals surface area (Å²) in [5.41, 5.74) is 1.16. The van der Waals surface area contributed by atoms with E-state index in [4.69, 9.17) is 0 Å². The zero-order valence-electron chi connectivity index (χ0n) is 14.3. The second kappa shape index (κ2) is 7.65. The Morgan fingerprint density at radius 3 is 2.54 bits per heavy atom. The van der Waals surface area contributed by atoms with Crippen molar-refractivity contribution < 1.29 is 9.50 Å². The van der Waals surface area contributed by atoms with Gasteiger partial charge in [-0.3, -0.25) is 4.79 Å². The number of hydrogen-bond acceptors (Lipinski definition) is 5. The summed E-state index contributed by atoms with van der Waals surface area (Å²) in [6, 6.07) is 13.5. The number of thiazole rings is 1. The van der Waals surface area contributed by atoms with E-state index in [1.165, 1.54) is 23.5 Å². The number of hydrogen-bond donors (Lipinski definition) is 2. The Bertz CT molecular complexity index is 1190. The van der Waals surface area contributed by atoms with Crippen molar-refractivity contribution in [3.05, 3.63) is 85.8 Å². The Kier molecular flexibility index (Phi) is 5.06. The molecule has 0 saturated heterocycles. The first-order valence-corrected chi connectivity index (χ1v) is 9.89. The van der Waals surface area contributed by atoms with Crippen LogP contribution in [0.4, 0.5) is 4.39 Å². The van der Waals surface area contributed by atoms with Crippen molar-refractivity contribution in [3.63, 3.8) is 0 Å². The third-order valence-corrected chi connectivity index (χ3v) is 5.59. The van der Waals surface area contributed by atoms with Gasteiger partial charge in [0.1, 0.15) is 22.3 Å².